The van der Waals surface area contributed by atoms with Crippen molar-refractivity contribution in [1.82, 2.24) is 10.2 Å². The van der Waals surface area contributed by atoms with Crippen molar-refractivity contribution >= 4 is 61.5 Å². The molecule has 3 rings (SSSR count). The molecule has 3 aromatic rings. The first-order valence-corrected chi connectivity index (χ1v) is 15.0. The van der Waals surface area contributed by atoms with Gasteiger partial charge in [0.05, 0.1) is 22.0 Å². The predicted molar refractivity (Wildman–Crippen MR) is 155 cm³/mol. The van der Waals surface area contributed by atoms with Crippen molar-refractivity contribution in [2.45, 2.75) is 39.8 Å². The quantitative estimate of drug-likeness (QED) is 0.326. The van der Waals surface area contributed by atoms with Crippen LogP contribution >= 0.6 is 23.2 Å². The van der Waals surface area contributed by atoms with E-state index in [-0.39, 0.29) is 18.4 Å². The second-order valence-electron chi connectivity index (χ2n) is 9.60. The number of hydrogen-bond donors (Lipinski definition) is 1. The van der Waals surface area contributed by atoms with Crippen LogP contribution in [0.15, 0.2) is 60.7 Å². The van der Waals surface area contributed by atoms with E-state index >= 15 is 0 Å². The predicted octanol–water partition coefficient (Wildman–Crippen LogP) is 5.49. The molecule has 2 amide bonds. The van der Waals surface area contributed by atoms with E-state index in [1.165, 1.54) is 4.90 Å². The molecule has 0 unspecified atom stereocenters. The molecule has 0 fully saturated rings. The van der Waals surface area contributed by atoms with Crippen LogP contribution in [0.2, 0.25) is 10.0 Å². The third-order valence-corrected chi connectivity index (χ3v) is 7.99. The maximum atomic E-state index is 13.9. The molecule has 204 valence electrons. The Balaban J connectivity index is 2.02. The van der Waals surface area contributed by atoms with Crippen LogP contribution in [0.3, 0.4) is 0 Å². The maximum absolute atomic E-state index is 13.9. The normalized spacial score (nSPS) is 12.4. The van der Waals surface area contributed by atoms with Gasteiger partial charge in [0.2, 0.25) is 21.8 Å². The van der Waals surface area contributed by atoms with Crippen LogP contribution < -0.4 is 9.62 Å². The topological polar surface area (TPSA) is 86.8 Å². The molecular formula is C28H33Cl2N3O4S. The minimum absolute atomic E-state index is 0.0521. The highest BCUT2D eigenvalue weighted by Crippen LogP contribution is 2.29. The summed E-state index contributed by atoms with van der Waals surface area (Å²) in [6, 6.07) is 16.9. The number of sulfonamides is 1. The summed E-state index contributed by atoms with van der Waals surface area (Å²) in [5.74, 6) is -0.588. The summed E-state index contributed by atoms with van der Waals surface area (Å²) in [4.78, 5) is 28.5. The van der Waals surface area contributed by atoms with Crippen LogP contribution in [0, 0.1) is 5.92 Å². The largest absolute Gasteiger partial charge is 0.354 e. The van der Waals surface area contributed by atoms with Crippen molar-refractivity contribution in [1.29, 1.82) is 0 Å². The summed E-state index contributed by atoms with van der Waals surface area (Å²) in [7, 11) is -3.85. The summed E-state index contributed by atoms with van der Waals surface area (Å²) in [6.45, 7) is 5.81. The van der Waals surface area contributed by atoms with E-state index < -0.39 is 28.5 Å². The van der Waals surface area contributed by atoms with Gasteiger partial charge in [0.15, 0.2) is 0 Å². The zero-order valence-corrected chi connectivity index (χ0v) is 24.3. The Morgan fingerprint density at radius 3 is 2.29 bits per heavy atom. The Labute approximate surface area is 234 Å². The van der Waals surface area contributed by atoms with Crippen LogP contribution in [0.1, 0.15) is 32.8 Å². The number of benzene rings is 3. The smallest absolute Gasteiger partial charge is 0.244 e. The standard InChI is InChI=1S/C28H33Cl2N3O4S/c1-5-25(28(35)31-16-19(2)3)32(17-20-13-14-23(29)24(30)15-20)27(34)18-33(38(4,36)37)26-12-8-10-21-9-6-7-11-22(21)26/h6-15,19,25H,5,16-18H2,1-4H3,(H,31,35)/t25-/m1/s1. The molecule has 10 heteroatoms. The summed E-state index contributed by atoms with van der Waals surface area (Å²) in [5.41, 5.74) is 1.06. The molecule has 38 heavy (non-hydrogen) atoms. The van der Waals surface area contributed by atoms with Crippen LogP contribution in [0.25, 0.3) is 10.8 Å². The van der Waals surface area contributed by atoms with Gasteiger partial charge in [-0.1, -0.05) is 86.4 Å². The Morgan fingerprint density at radius 1 is 0.974 bits per heavy atom. The maximum Gasteiger partial charge on any atom is 0.244 e. The van der Waals surface area contributed by atoms with Gasteiger partial charge in [0.25, 0.3) is 0 Å². The average Bonchev–Trinajstić information content (AvgIpc) is 2.87. The number of carbonyl (C=O) groups is 2. The molecule has 1 N–H and O–H groups in total. The number of amides is 2. The van der Waals surface area contributed by atoms with E-state index in [0.29, 0.717) is 39.6 Å². The lowest BCUT2D eigenvalue weighted by Gasteiger charge is -2.33. The van der Waals surface area contributed by atoms with Crippen molar-refractivity contribution in [2.24, 2.45) is 5.92 Å². The second-order valence-corrected chi connectivity index (χ2v) is 12.3. The first-order chi connectivity index (χ1) is 17.9. The van der Waals surface area contributed by atoms with Gasteiger partial charge in [0, 0.05) is 18.5 Å². The Hall–Kier alpha value is -2.81. The highest BCUT2D eigenvalue weighted by atomic mass is 35.5. The van der Waals surface area contributed by atoms with E-state index in [2.05, 4.69) is 5.32 Å². The zero-order valence-electron chi connectivity index (χ0n) is 21.9. The summed E-state index contributed by atoms with van der Waals surface area (Å²) in [5, 5.41) is 5.14. The van der Waals surface area contributed by atoms with Gasteiger partial charge in [-0.2, -0.15) is 0 Å². The van der Waals surface area contributed by atoms with Gasteiger partial charge in [-0.25, -0.2) is 8.42 Å². The summed E-state index contributed by atoms with van der Waals surface area (Å²) < 4.78 is 27.0. The molecule has 7 nitrogen and oxygen atoms in total. The van der Waals surface area contributed by atoms with Gasteiger partial charge in [-0.15, -0.1) is 0 Å². The van der Waals surface area contributed by atoms with Crippen LogP contribution in [-0.2, 0) is 26.2 Å². The monoisotopic (exact) mass is 577 g/mol. The molecule has 3 aromatic carbocycles. The molecule has 0 spiro atoms. The van der Waals surface area contributed by atoms with E-state index in [0.717, 1.165) is 15.9 Å². The molecular weight excluding hydrogens is 545 g/mol. The number of fused-ring (bicyclic) bond motifs is 1. The van der Waals surface area contributed by atoms with Gasteiger partial charge in [-0.05, 0) is 41.5 Å². The number of anilines is 1. The second kappa shape index (κ2) is 12.8. The lowest BCUT2D eigenvalue weighted by molar-refractivity contribution is -0.140. The number of hydrogen-bond acceptors (Lipinski definition) is 4. The molecule has 0 saturated heterocycles. The van der Waals surface area contributed by atoms with Crippen LogP contribution in [0.4, 0.5) is 5.69 Å². The molecule has 0 heterocycles. The van der Waals surface area contributed by atoms with E-state index in [9.17, 15) is 18.0 Å². The first-order valence-electron chi connectivity index (χ1n) is 12.4. The van der Waals surface area contributed by atoms with Gasteiger partial charge in [0.1, 0.15) is 12.6 Å². The van der Waals surface area contributed by atoms with Crippen molar-refractivity contribution in [3.05, 3.63) is 76.3 Å². The number of carbonyl (C=O) groups excluding carboxylic acids is 2. The molecule has 0 saturated carbocycles. The number of halogens is 2. The molecule has 0 bridgehead atoms. The molecule has 0 aromatic heterocycles. The molecule has 0 aliphatic carbocycles. The molecule has 0 aliphatic rings. The van der Waals surface area contributed by atoms with Crippen LogP contribution in [-0.4, -0.2) is 50.5 Å². The van der Waals surface area contributed by atoms with Crippen molar-refractivity contribution < 1.29 is 18.0 Å². The minimum atomic E-state index is -3.85. The summed E-state index contributed by atoms with van der Waals surface area (Å²) in [6.07, 6.45) is 1.40. The molecule has 0 radical (unpaired) electrons. The Bertz CT molecular complexity index is 1410. The highest BCUT2D eigenvalue weighted by Gasteiger charge is 2.32. The average molecular weight is 579 g/mol. The lowest BCUT2D eigenvalue weighted by atomic mass is 10.1. The van der Waals surface area contributed by atoms with Gasteiger partial charge >= 0.3 is 0 Å². The zero-order chi connectivity index (χ0) is 28.0. The fraction of sp³-hybridized carbons (Fsp3) is 0.357. The molecule has 0 aliphatic heterocycles. The number of nitrogens with one attached hydrogen (secondary N) is 1. The van der Waals surface area contributed by atoms with E-state index in [1.807, 2.05) is 51.1 Å². The van der Waals surface area contributed by atoms with Crippen molar-refractivity contribution in [2.75, 3.05) is 23.7 Å². The Kier molecular flexibility index (Phi) is 10.0. The molecule has 1 atom stereocenters. The van der Waals surface area contributed by atoms with Crippen molar-refractivity contribution in [3.63, 3.8) is 0 Å². The Morgan fingerprint density at radius 2 is 1.66 bits per heavy atom. The number of rotatable bonds is 11. The lowest BCUT2D eigenvalue weighted by Crippen LogP contribution is -2.52. The fourth-order valence-corrected chi connectivity index (χ4v) is 5.38. The van der Waals surface area contributed by atoms with E-state index in [4.69, 9.17) is 23.2 Å². The SMILES string of the molecule is CC[C@H](C(=O)NCC(C)C)N(Cc1ccc(Cl)c(Cl)c1)C(=O)CN(c1cccc2ccccc12)S(C)(=O)=O. The summed E-state index contributed by atoms with van der Waals surface area (Å²) >= 11 is 12.3. The highest BCUT2D eigenvalue weighted by molar-refractivity contribution is 7.92. The third kappa shape index (κ3) is 7.40. The van der Waals surface area contributed by atoms with Crippen LogP contribution in [0.5, 0.6) is 0 Å². The third-order valence-electron chi connectivity index (χ3n) is 6.12. The van der Waals surface area contributed by atoms with Crippen molar-refractivity contribution in [3.8, 4) is 0 Å². The van der Waals surface area contributed by atoms with Gasteiger partial charge in [-0.3, -0.25) is 13.9 Å². The first kappa shape index (κ1) is 29.7. The minimum Gasteiger partial charge on any atom is -0.354 e. The van der Waals surface area contributed by atoms with E-state index in [1.54, 1.807) is 30.3 Å². The fourth-order valence-electron chi connectivity index (χ4n) is 4.20. The number of nitrogens with zero attached hydrogens (tertiary/aromatic N) is 2. The van der Waals surface area contributed by atoms with Gasteiger partial charge < -0.3 is 10.2 Å².